The van der Waals surface area contributed by atoms with Crippen LogP contribution in [0.3, 0.4) is 0 Å². The molecule has 0 saturated heterocycles. The molecule has 0 aliphatic carbocycles. The smallest absolute Gasteiger partial charge is 0.131 e. The number of anilines is 2. The summed E-state index contributed by atoms with van der Waals surface area (Å²) >= 11 is 0. The van der Waals surface area contributed by atoms with Gasteiger partial charge >= 0.3 is 0 Å². The normalized spacial score (nSPS) is 11.2. The Morgan fingerprint density at radius 1 is 1.33 bits per heavy atom. The summed E-state index contributed by atoms with van der Waals surface area (Å²) in [6.45, 7) is 4.19. The molecule has 1 rings (SSSR count). The Labute approximate surface area is 90.0 Å². The van der Waals surface area contributed by atoms with Crippen LogP contribution in [0, 0.1) is 0 Å². The van der Waals surface area contributed by atoms with Gasteiger partial charge in [-0.3, -0.25) is 0 Å². The Hall–Kier alpha value is -1.36. The van der Waals surface area contributed by atoms with E-state index in [9.17, 15) is 0 Å². The highest BCUT2D eigenvalue weighted by molar-refractivity contribution is 5.47. The zero-order valence-corrected chi connectivity index (χ0v) is 9.41. The molecule has 0 amide bonds. The number of hydrogen-bond acceptors (Lipinski definition) is 5. The quantitative estimate of drug-likeness (QED) is 0.678. The van der Waals surface area contributed by atoms with E-state index in [4.69, 9.17) is 5.11 Å². The van der Waals surface area contributed by atoms with Gasteiger partial charge in [0, 0.05) is 25.3 Å². The third-order valence-electron chi connectivity index (χ3n) is 2.13. The van der Waals surface area contributed by atoms with Gasteiger partial charge in [0.2, 0.25) is 0 Å². The van der Waals surface area contributed by atoms with E-state index in [0.717, 1.165) is 11.6 Å². The molecule has 0 aliphatic rings. The topological polar surface area (TPSA) is 70.1 Å². The number of rotatable bonds is 5. The van der Waals surface area contributed by atoms with Gasteiger partial charge in [-0.2, -0.15) is 0 Å². The van der Waals surface area contributed by atoms with Crippen LogP contribution < -0.4 is 10.6 Å². The fraction of sp³-hybridized carbons (Fsp3) is 0.600. The Bertz CT molecular complexity index is 314. The lowest BCUT2D eigenvalue weighted by Crippen LogP contribution is -2.32. The molecule has 0 saturated carbocycles. The first-order valence-corrected chi connectivity index (χ1v) is 4.96. The molecule has 15 heavy (non-hydrogen) atoms. The predicted molar refractivity (Wildman–Crippen MR) is 61.0 cm³/mol. The van der Waals surface area contributed by atoms with E-state index in [1.54, 1.807) is 0 Å². The van der Waals surface area contributed by atoms with Crippen molar-refractivity contribution in [3.8, 4) is 0 Å². The van der Waals surface area contributed by atoms with Gasteiger partial charge in [-0.25, -0.2) is 9.97 Å². The molecule has 0 unspecified atom stereocenters. The largest absolute Gasteiger partial charge is 0.396 e. The van der Waals surface area contributed by atoms with Crippen molar-refractivity contribution in [1.82, 2.24) is 9.97 Å². The van der Waals surface area contributed by atoms with Crippen LogP contribution in [-0.4, -0.2) is 34.3 Å². The van der Waals surface area contributed by atoms with Crippen molar-refractivity contribution in [2.75, 3.05) is 24.3 Å². The molecule has 1 aromatic rings. The van der Waals surface area contributed by atoms with Gasteiger partial charge in [-0.1, -0.05) is 0 Å². The summed E-state index contributed by atoms with van der Waals surface area (Å²) in [7, 11) is 1.81. The Morgan fingerprint density at radius 3 is 2.60 bits per heavy atom. The standard InChI is InChI=1S/C10H18N4O/c1-10(2,4-5-15)14-9-6-8(11-3)12-7-13-9/h6-7,15H,4-5H2,1-3H3,(H2,11,12,13,14). The number of hydrogen-bond donors (Lipinski definition) is 3. The summed E-state index contributed by atoms with van der Waals surface area (Å²) < 4.78 is 0. The lowest BCUT2D eigenvalue weighted by molar-refractivity contribution is 0.260. The monoisotopic (exact) mass is 210 g/mol. The van der Waals surface area contributed by atoms with Crippen LogP contribution in [0.5, 0.6) is 0 Å². The molecule has 0 spiro atoms. The number of nitrogens with one attached hydrogen (secondary N) is 2. The van der Waals surface area contributed by atoms with Gasteiger partial charge < -0.3 is 15.7 Å². The Kier molecular flexibility index (Phi) is 3.85. The van der Waals surface area contributed by atoms with Crippen LogP contribution in [0.15, 0.2) is 12.4 Å². The van der Waals surface area contributed by atoms with E-state index in [2.05, 4.69) is 20.6 Å². The first kappa shape index (κ1) is 11.7. The van der Waals surface area contributed by atoms with Crippen molar-refractivity contribution in [3.05, 3.63) is 12.4 Å². The number of nitrogens with zero attached hydrogens (tertiary/aromatic N) is 2. The van der Waals surface area contributed by atoms with Gasteiger partial charge in [0.15, 0.2) is 0 Å². The van der Waals surface area contributed by atoms with Crippen LogP contribution >= 0.6 is 0 Å². The molecule has 0 bridgehead atoms. The molecular formula is C10H18N4O. The molecule has 1 aromatic heterocycles. The predicted octanol–water partition coefficient (Wildman–Crippen LogP) is 1.09. The molecule has 1 heterocycles. The van der Waals surface area contributed by atoms with Crippen LogP contribution in [0.4, 0.5) is 11.6 Å². The fourth-order valence-electron chi connectivity index (χ4n) is 1.25. The van der Waals surface area contributed by atoms with Crippen LogP contribution in [0.2, 0.25) is 0 Å². The van der Waals surface area contributed by atoms with E-state index in [1.165, 1.54) is 6.33 Å². The highest BCUT2D eigenvalue weighted by Crippen LogP contribution is 2.17. The summed E-state index contributed by atoms with van der Waals surface area (Å²) in [6, 6.07) is 1.83. The summed E-state index contributed by atoms with van der Waals surface area (Å²) in [4.78, 5) is 8.13. The lowest BCUT2D eigenvalue weighted by Gasteiger charge is -2.25. The van der Waals surface area contributed by atoms with Crippen molar-refractivity contribution in [2.24, 2.45) is 0 Å². The van der Waals surface area contributed by atoms with Crippen molar-refractivity contribution in [2.45, 2.75) is 25.8 Å². The van der Waals surface area contributed by atoms with E-state index < -0.39 is 0 Å². The molecule has 0 radical (unpaired) electrons. The average molecular weight is 210 g/mol. The lowest BCUT2D eigenvalue weighted by atomic mass is 10.0. The summed E-state index contributed by atoms with van der Waals surface area (Å²) in [5.74, 6) is 1.53. The minimum atomic E-state index is -0.173. The summed E-state index contributed by atoms with van der Waals surface area (Å²) in [6.07, 6.45) is 2.18. The third-order valence-corrected chi connectivity index (χ3v) is 2.13. The molecule has 3 N–H and O–H groups in total. The third kappa shape index (κ3) is 3.71. The van der Waals surface area contributed by atoms with Crippen molar-refractivity contribution in [3.63, 3.8) is 0 Å². The van der Waals surface area contributed by atoms with Crippen LogP contribution in [-0.2, 0) is 0 Å². The van der Waals surface area contributed by atoms with Gasteiger partial charge in [0.05, 0.1) is 0 Å². The first-order chi connectivity index (χ1) is 7.07. The van der Waals surface area contributed by atoms with Crippen LogP contribution in [0.25, 0.3) is 0 Å². The van der Waals surface area contributed by atoms with E-state index in [1.807, 2.05) is 27.0 Å². The number of aliphatic hydroxyl groups excluding tert-OH is 1. The molecule has 0 atom stereocenters. The van der Waals surface area contributed by atoms with Crippen molar-refractivity contribution >= 4 is 11.6 Å². The van der Waals surface area contributed by atoms with Crippen molar-refractivity contribution < 1.29 is 5.11 Å². The van der Waals surface area contributed by atoms with Gasteiger partial charge in [-0.05, 0) is 20.3 Å². The molecule has 5 heteroatoms. The highest BCUT2D eigenvalue weighted by atomic mass is 16.3. The molecule has 0 aliphatic heterocycles. The Balaban J connectivity index is 2.71. The Morgan fingerprint density at radius 2 is 2.00 bits per heavy atom. The maximum atomic E-state index is 8.90. The number of aliphatic hydroxyl groups is 1. The van der Waals surface area contributed by atoms with E-state index in [0.29, 0.717) is 6.42 Å². The van der Waals surface area contributed by atoms with Gasteiger partial charge in [0.25, 0.3) is 0 Å². The fourth-order valence-corrected chi connectivity index (χ4v) is 1.25. The summed E-state index contributed by atoms with van der Waals surface area (Å²) in [5.41, 5.74) is -0.173. The second-order valence-corrected chi connectivity index (χ2v) is 4.02. The van der Waals surface area contributed by atoms with E-state index >= 15 is 0 Å². The van der Waals surface area contributed by atoms with Gasteiger partial charge in [-0.15, -0.1) is 0 Å². The summed E-state index contributed by atoms with van der Waals surface area (Å²) in [5, 5.41) is 15.1. The van der Waals surface area contributed by atoms with Crippen LogP contribution in [0.1, 0.15) is 20.3 Å². The number of aromatic nitrogens is 2. The highest BCUT2D eigenvalue weighted by Gasteiger charge is 2.17. The molecule has 84 valence electrons. The van der Waals surface area contributed by atoms with Gasteiger partial charge in [0.1, 0.15) is 18.0 Å². The second-order valence-electron chi connectivity index (χ2n) is 4.02. The zero-order chi connectivity index (χ0) is 11.3. The van der Waals surface area contributed by atoms with E-state index in [-0.39, 0.29) is 12.1 Å². The minimum Gasteiger partial charge on any atom is -0.396 e. The van der Waals surface area contributed by atoms with Crippen molar-refractivity contribution in [1.29, 1.82) is 0 Å². The molecule has 0 fully saturated rings. The second kappa shape index (κ2) is 4.93. The average Bonchev–Trinajstić information content (AvgIpc) is 2.17. The SMILES string of the molecule is CNc1cc(NC(C)(C)CCO)ncn1. The maximum absolute atomic E-state index is 8.90. The minimum absolute atomic E-state index is 0.157. The molecule has 5 nitrogen and oxygen atoms in total. The molecular weight excluding hydrogens is 192 g/mol. The maximum Gasteiger partial charge on any atom is 0.131 e. The molecule has 0 aromatic carbocycles. The first-order valence-electron chi connectivity index (χ1n) is 4.96. The zero-order valence-electron chi connectivity index (χ0n) is 9.41.